The Labute approximate surface area is 135 Å². The summed E-state index contributed by atoms with van der Waals surface area (Å²) in [5, 5.41) is 11.0. The lowest BCUT2D eigenvalue weighted by Gasteiger charge is -2.27. The first-order valence-corrected chi connectivity index (χ1v) is 8.20. The van der Waals surface area contributed by atoms with Crippen molar-refractivity contribution in [1.82, 2.24) is 4.98 Å². The van der Waals surface area contributed by atoms with Crippen LogP contribution in [0, 0.1) is 24.6 Å². The fourth-order valence-corrected chi connectivity index (χ4v) is 4.24. The molecule has 4 rings (SSSR count). The Bertz CT molecular complexity index is 702. The van der Waals surface area contributed by atoms with Gasteiger partial charge in [-0.3, -0.25) is 0 Å². The van der Waals surface area contributed by atoms with E-state index in [2.05, 4.69) is 16.0 Å². The molecule has 1 saturated carbocycles. The van der Waals surface area contributed by atoms with Gasteiger partial charge in [0.1, 0.15) is 11.6 Å². The van der Waals surface area contributed by atoms with Crippen molar-refractivity contribution in [3.05, 3.63) is 59.5 Å². The summed E-state index contributed by atoms with van der Waals surface area (Å²) in [4.78, 5) is 6.93. The van der Waals surface area contributed by atoms with Crippen LogP contribution in [0.15, 0.2) is 42.5 Å². The zero-order valence-corrected chi connectivity index (χ0v) is 13.2. The van der Waals surface area contributed by atoms with Crippen molar-refractivity contribution < 1.29 is 9.50 Å². The lowest BCUT2D eigenvalue weighted by Crippen LogP contribution is -2.28. The summed E-state index contributed by atoms with van der Waals surface area (Å²) in [6, 6.07) is 12.4. The van der Waals surface area contributed by atoms with Crippen LogP contribution in [-0.4, -0.2) is 23.2 Å². The molecule has 1 aliphatic heterocycles. The molecule has 0 spiro atoms. The highest BCUT2D eigenvalue weighted by Gasteiger charge is 2.49. The molecular weight excluding hydrogens is 291 g/mol. The highest BCUT2D eigenvalue weighted by molar-refractivity contribution is 5.41. The van der Waals surface area contributed by atoms with Crippen LogP contribution < -0.4 is 4.90 Å². The Morgan fingerprint density at radius 3 is 2.35 bits per heavy atom. The van der Waals surface area contributed by atoms with Crippen LogP contribution >= 0.6 is 0 Å². The summed E-state index contributed by atoms with van der Waals surface area (Å²) in [6.45, 7) is 3.88. The van der Waals surface area contributed by atoms with Crippen LogP contribution in [-0.2, 0) is 5.60 Å². The van der Waals surface area contributed by atoms with E-state index in [1.165, 1.54) is 12.1 Å². The van der Waals surface area contributed by atoms with Gasteiger partial charge in [0, 0.05) is 18.8 Å². The van der Waals surface area contributed by atoms with E-state index >= 15 is 0 Å². The molecule has 0 amide bonds. The largest absolute Gasteiger partial charge is 0.385 e. The zero-order chi connectivity index (χ0) is 16.0. The van der Waals surface area contributed by atoms with Gasteiger partial charge in [0.2, 0.25) is 0 Å². The number of benzene rings is 1. The zero-order valence-electron chi connectivity index (χ0n) is 13.2. The number of aryl methyl sites for hydroxylation is 1. The minimum Gasteiger partial charge on any atom is -0.385 e. The highest BCUT2D eigenvalue weighted by Crippen LogP contribution is 2.49. The topological polar surface area (TPSA) is 36.4 Å². The molecule has 1 saturated heterocycles. The molecule has 0 radical (unpaired) electrons. The lowest BCUT2D eigenvalue weighted by atomic mass is 9.90. The quantitative estimate of drug-likeness (QED) is 0.924. The van der Waals surface area contributed by atoms with Gasteiger partial charge in [0.15, 0.2) is 0 Å². The van der Waals surface area contributed by atoms with Gasteiger partial charge in [-0.15, -0.1) is 0 Å². The van der Waals surface area contributed by atoms with E-state index in [4.69, 9.17) is 0 Å². The number of hydrogen-bond donors (Lipinski definition) is 1. The van der Waals surface area contributed by atoms with E-state index in [1.807, 2.05) is 19.1 Å². The number of pyridine rings is 1. The average Bonchev–Trinajstić information content (AvgIpc) is 3.03. The number of halogens is 1. The number of aliphatic hydroxyl groups is 1. The molecule has 2 unspecified atom stereocenters. The molecule has 120 valence electrons. The SMILES string of the molecule is Cc1cccc(N2CC3CC(O)(c4ccc(F)cc4)CC3C2)n1. The molecular formula is C19H21FN2O. The van der Waals surface area contributed by atoms with Gasteiger partial charge in [-0.2, -0.15) is 0 Å². The Kier molecular flexibility index (Phi) is 3.38. The molecule has 1 aromatic carbocycles. The van der Waals surface area contributed by atoms with Gasteiger partial charge >= 0.3 is 0 Å². The van der Waals surface area contributed by atoms with Gasteiger partial charge < -0.3 is 10.0 Å². The third-order valence-electron chi connectivity index (χ3n) is 5.36. The van der Waals surface area contributed by atoms with E-state index in [0.29, 0.717) is 11.8 Å². The molecule has 3 nitrogen and oxygen atoms in total. The summed E-state index contributed by atoms with van der Waals surface area (Å²) in [6.07, 6.45) is 1.48. The fraction of sp³-hybridized carbons (Fsp3) is 0.421. The molecule has 2 heterocycles. The number of fused-ring (bicyclic) bond motifs is 1. The second-order valence-electron chi connectivity index (χ2n) is 7.01. The van der Waals surface area contributed by atoms with Gasteiger partial charge in [-0.25, -0.2) is 9.37 Å². The predicted octanol–water partition coefficient (Wildman–Crippen LogP) is 3.26. The second kappa shape index (κ2) is 5.31. The van der Waals surface area contributed by atoms with E-state index in [1.54, 1.807) is 12.1 Å². The standard InChI is InChI=1S/C19H21FN2O/c1-13-3-2-4-18(21-13)22-11-14-9-19(23,10-15(14)12-22)16-5-7-17(20)8-6-16/h2-8,14-15,23H,9-12H2,1H3. The number of nitrogens with zero attached hydrogens (tertiary/aromatic N) is 2. The molecule has 2 aliphatic rings. The monoisotopic (exact) mass is 312 g/mol. The smallest absolute Gasteiger partial charge is 0.128 e. The number of aromatic nitrogens is 1. The highest BCUT2D eigenvalue weighted by atomic mass is 19.1. The maximum atomic E-state index is 13.1. The molecule has 4 heteroatoms. The minimum absolute atomic E-state index is 0.257. The molecule has 2 fully saturated rings. The van der Waals surface area contributed by atoms with Gasteiger partial charge in [-0.1, -0.05) is 18.2 Å². The van der Waals surface area contributed by atoms with Gasteiger partial charge in [-0.05, 0) is 61.4 Å². The Balaban J connectivity index is 1.50. The Hall–Kier alpha value is -1.94. The van der Waals surface area contributed by atoms with Crippen LogP contribution in [0.25, 0.3) is 0 Å². The van der Waals surface area contributed by atoms with Crippen molar-refractivity contribution in [1.29, 1.82) is 0 Å². The van der Waals surface area contributed by atoms with Crippen molar-refractivity contribution in [2.24, 2.45) is 11.8 Å². The van der Waals surface area contributed by atoms with Crippen LogP contribution in [0.5, 0.6) is 0 Å². The molecule has 1 aromatic heterocycles. The lowest BCUT2D eigenvalue weighted by molar-refractivity contribution is 0.0365. The Morgan fingerprint density at radius 1 is 1.09 bits per heavy atom. The van der Waals surface area contributed by atoms with Gasteiger partial charge in [0.05, 0.1) is 5.60 Å². The van der Waals surface area contributed by atoms with E-state index in [-0.39, 0.29) is 5.82 Å². The maximum absolute atomic E-state index is 13.1. The van der Waals surface area contributed by atoms with E-state index < -0.39 is 5.60 Å². The van der Waals surface area contributed by atoms with Crippen molar-refractivity contribution in [3.63, 3.8) is 0 Å². The number of rotatable bonds is 2. The summed E-state index contributed by atoms with van der Waals surface area (Å²) < 4.78 is 13.1. The third-order valence-corrected chi connectivity index (χ3v) is 5.36. The summed E-state index contributed by atoms with van der Waals surface area (Å²) in [5.41, 5.74) is 1.06. The van der Waals surface area contributed by atoms with E-state index in [9.17, 15) is 9.50 Å². The van der Waals surface area contributed by atoms with Gasteiger partial charge in [0.25, 0.3) is 0 Å². The normalized spacial score (nSPS) is 29.8. The fourth-order valence-electron chi connectivity index (χ4n) is 4.24. The molecule has 1 N–H and O–H groups in total. The molecule has 23 heavy (non-hydrogen) atoms. The number of hydrogen-bond acceptors (Lipinski definition) is 3. The predicted molar refractivity (Wildman–Crippen MR) is 87.7 cm³/mol. The minimum atomic E-state index is -0.810. The number of anilines is 1. The molecule has 0 bridgehead atoms. The van der Waals surface area contributed by atoms with Crippen LogP contribution in [0.2, 0.25) is 0 Å². The van der Waals surface area contributed by atoms with Crippen molar-refractivity contribution in [3.8, 4) is 0 Å². The first-order valence-electron chi connectivity index (χ1n) is 8.20. The molecule has 2 aromatic rings. The van der Waals surface area contributed by atoms with Crippen LogP contribution in [0.4, 0.5) is 10.2 Å². The van der Waals surface area contributed by atoms with Crippen molar-refractivity contribution in [2.75, 3.05) is 18.0 Å². The van der Waals surface area contributed by atoms with E-state index in [0.717, 1.165) is 43.0 Å². The van der Waals surface area contributed by atoms with Crippen LogP contribution in [0.1, 0.15) is 24.1 Å². The van der Waals surface area contributed by atoms with Crippen LogP contribution in [0.3, 0.4) is 0 Å². The summed E-state index contributed by atoms with van der Waals surface area (Å²) >= 11 is 0. The van der Waals surface area contributed by atoms with Crippen molar-refractivity contribution >= 4 is 5.82 Å². The first-order chi connectivity index (χ1) is 11.0. The Morgan fingerprint density at radius 2 is 1.74 bits per heavy atom. The second-order valence-corrected chi connectivity index (χ2v) is 7.01. The molecule has 1 aliphatic carbocycles. The summed E-state index contributed by atoms with van der Waals surface area (Å²) in [5.74, 6) is 1.71. The summed E-state index contributed by atoms with van der Waals surface area (Å²) in [7, 11) is 0. The average molecular weight is 312 g/mol. The first kappa shape index (κ1) is 14.6. The third kappa shape index (κ3) is 2.61. The van der Waals surface area contributed by atoms with Crippen molar-refractivity contribution in [2.45, 2.75) is 25.4 Å². The molecule has 2 atom stereocenters. The maximum Gasteiger partial charge on any atom is 0.128 e.